The van der Waals surface area contributed by atoms with Crippen molar-refractivity contribution < 1.29 is 33.3 Å². The fourth-order valence-corrected chi connectivity index (χ4v) is 4.28. The number of hydrogen-bond donors (Lipinski definition) is 1. The summed E-state index contributed by atoms with van der Waals surface area (Å²) in [6, 6.07) is 17.0. The second-order valence-corrected chi connectivity index (χ2v) is 9.28. The van der Waals surface area contributed by atoms with Crippen LogP contribution in [0.5, 0.6) is 17.2 Å². The fourth-order valence-electron chi connectivity index (χ4n) is 4.28. The Balaban J connectivity index is 1.73. The molecule has 7 nitrogen and oxygen atoms in total. The highest BCUT2D eigenvalue weighted by Crippen LogP contribution is 2.30. The molecule has 4 atom stereocenters. The number of pyridine rings is 1. The number of carbonyl (C=O) groups is 2. The minimum absolute atomic E-state index is 0.0432. The van der Waals surface area contributed by atoms with Crippen LogP contribution < -0.4 is 9.47 Å². The Hall–Kier alpha value is -3.94. The highest BCUT2D eigenvalue weighted by molar-refractivity contribution is 5.99. The van der Waals surface area contributed by atoms with Crippen LogP contribution in [-0.2, 0) is 16.0 Å². The van der Waals surface area contributed by atoms with Gasteiger partial charge in [0.25, 0.3) is 0 Å². The zero-order chi connectivity index (χ0) is 27.7. The van der Waals surface area contributed by atoms with Crippen LogP contribution in [0.1, 0.15) is 49.7 Å². The standard InChI is InChI=1S/C30H34FNO6/c1-5-22(18-21-11-13-23(31)14-12-21)29(38-24-9-7-6-8-10-24)20(3)37-30(35)19(2)17-25(33)27-28(34)26(36-4)15-16-32-27/h6-16,19-20,22,29,34H,5,17-18H2,1-4H3/t19-,20+,22-,29+/m1/s1. The lowest BCUT2D eigenvalue weighted by Gasteiger charge is -2.32. The summed E-state index contributed by atoms with van der Waals surface area (Å²) in [6.45, 7) is 5.38. The minimum Gasteiger partial charge on any atom is -0.503 e. The van der Waals surface area contributed by atoms with E-state index in [1.165, 1.54) is 31.5 Å². The molecule has 0 amide bonds. The first-order valence-electron chi connectivity index (χ1n) is 12.6. The Morgan fingerprint density at radius 3 is 2.34 bits per heavy atom. The van der Waals surface area contributed by atoms with Crippen molar-refractivity contribution in [3.05, 3.63) is 83.9 Å². The van der Waals surface area contributed by atoms with Gasteiger partial charge in [-0.15, -0.1) is 0 Å². The number of aromatic hydroxyl groups is 1. The molecule has 0 radical (unpaired) electrons. The number of nitrogens with zero attached hydrogens (tertiary/aromatic N) is 1. The molecule has 2 aromatic carbocycles. The van der Waals surface area contributed by atoms with Crippen LogP contribution >= 0.6 is 0 Å². The van der Waals surface area contributed by atoms with Gasteiger partial charge in [0.15, 0.2) is 23.0 Å². The van der Waals surface area contributed by atoms with Crippen LogP contribution in [0.15, 0.2) is 66.9 Å². The third-order valence-corrected chi connectivity index (χ3v) is 6.45. The average molecular weight is 524 g/mol. The van der Waals surface area contributed by atoms with Crippen molar-refractivity contribution in [2.75, 3.05) is 7.11 Å². The number of aromatic nitrogens is 1. The SMILES string of the molecule is CC[C@H](Cc1ccc(F)cc1)[C@@H](Oc1ccccc1)[C@H](C)OC(=O)[C@H](C)CC(=O)c1nccc(OC)c1O. The first-order chi connectivity index (χ1) is 18.2. The molecule has 0 bridgehead atoms. The summed E-state index contributed by atoms with van der Waals surface area (Å²) in [7, 11) is 1.37. The Kier molecular flexibility index (Phi) is 10.2. The number of Topliss-reactive ketones (excluding diaryl/α,β-unsaturated/α-hetero) is 1. The highest BCUT2D eigenvalue weighted by atomic mass is 19.1. The second-order valence-electron chi connectivity index (χ2n) is 9.28. The van der Waals surface area contributed by atoms with E-state index >= 15 is 0 Å². The number of ketones is 1. The zero-order valence-electron chi connectivity index (χ0n) is 22.1. The summed E-state index contributed by atoms with van der Waals surface area (Å²) in [6.07, 6.45) is 1.35. The maximum Gasteiger partial charge on any atom is 0.309 e. The van der Waals surface area contributed by atoms with E-state index in [-0.39, 0.29) is 35.3 Å². The molecule has 3 aromatic rings. The van der Waals surface area contributed by atoms with Gasteiger partial charge in [0.1, 0.15) is 23.8 Å². The molecule has 38 heavy (non-hydrogen) atoms. The number of rotatable bonds is 13. The molecule has 0 unspecified atom stereocenters. The van der Waals surface area contributed by atoms with Crippen LogP contribution in [0.4, 0.5) is 4.39 Å². The van der Waals surface area contributed by atoms with Crippen LogP contribution in [0.3, 0.4) is 0 Å². The number of halogens is 1. The third kappa shape index (κ3) is 7.54. The Labute approximate surface area is 222 Å². The molecule has 1 N–H and O–H groups in total. The lowest BCUT2D eigenvalue weighted by atomic mass is 9.89. The number of hydrogen-bond acceptors (Lipinski definition) is 7. The maximum absolute atomic E-state index is 13.4. The lowest BCUT2D eigenvalue weighted by molar-refractivity contribution is -0.158. The monoisotopic (exact) mass is 523 g/mol. The smallest absolute Gasteiger partial charge is 0.309 e. The molecule has 0 aliphatic carbocycles. The van der Waals surface area contributed by atoms with E-state index in [2.05, 4.69) is 4.98 Å². The Morgan fingerprint density at radius 1 is 1.03 bits per heavy atom. The van der Waals surface area contributed by atoms with E-state index in [9.17, 15) is 19.1 Å². The fraction of sp³-hybridized carbons (Fsp3) is 0.367. The van der Waals surface area contributed by atoms with Crippen molar-refractivity contribution in [3.8, 4) is 17.2 Å². The van der Waals surface area contributed by atoms with E-state index in [0.717, 1.165) is 12.0 Å². The summed E-state index contributed by atoms with van der Waals surface area (Å²) >= 11 is 0. The van der Waals surface area contributed by atoms with Crippen molar-refractivity contribution >= 4 is 11.8 Å². The molecule has 0 aliphatic heterocycles. The predicted octanol–water partition coefficient (Wildman–Crippen LogP) is 5.79. The van der Waals surface area contributed by atoms with Gasteiger partial charge < -0.3 is 19.3 Å². The van der Waals surface area contributed by atoms with Crippen LogP contribution in [0.25, 0.3) is 0 Å². The number of ether oxygens (including phenoxy) is 3. The number of carbonyl (C=O) groups excluding carboxylic acids is 2. The molecule has 0 aliphatic rings. The van der Waals surface area contributed by atoms with E-state index < -0.39 is 29.9 Å². The van der Waals surface area contributed by atoms with Gasteiger partial charge in [-0.3, -0.25) is 9.59 Å². The first kappa shape index (κ1) is 28.6. The van der Waals surface area contributed by atoms with Crippen LogP contribution in [0.2, 0.25) is 0 Å². The summed E-state index contributed by atoms with van der Waals surface area (Å²) < 4.78 is 30.6. The summed E-state index contributed by atoms with van der Waals surface area (Å²) in [4.78, 5) is 29.7. The van der Waals surface area contributed by atoms with E-state index in [1.54, 1.807) is 26.0 Å². The molecule has 0 spiro atoms. The summed E-state index contributed by atoms with van der Waals surface area (Å²) in [5.41, 5.74) is 0.788. The summed E-state index contributed by atoms with van der Waals surface area (Å²) in [5, 5.41) is 10.2. The molecule has 0 saturated heterocycles. The van der Waals surface area contributed by atoms with Gasteiger partial charge in [-0.05, 0) is 49.6 Å². The van der Waals surface area contributed by atoms with E-state index in [4.69, 9.17) is 14.2 Å². The molecule has 0 saturated carbocycles. The lowest BCUT2D eigenvalue weighted by Crippen LogP contribution is -2.41. The van der Waals surface area contributed by atoms with Crippen molar-refractivity contribution in [2.24, 2.45) is 11.8 Å². The minimum atomic E-state index is -0.785. The van der Waals surface area contributed by atoms with Gasteiger partial charge >= 0.3 is 5.97 Å². The predicted molar refractivity (Wildman–Crippen MR) is 141 cm³/mol. The second kappa shape index (κ2) is 13.6. The number of methoxy groups -OCH3 is 1. The van der Waals surface area contributed by atoms with Crippen LogP contribution in [-0.4, -0.2) is 41.2 Å². The van der Waals surface area contributed by atoms with Crippen molar-refractivity contribution in [1.82, 2.24) is 4.98 Å². The van der Waals surface area contributed by atoms with Crippen molar-refractivity contribution in [2.45, 2.75) is 52.2 Å². The van der Waals surface area contributed by atoms with Crippen LogP contribution in [0, 0.1) is 17.7 Å². The molecule has 0 fully saturated rings. The molecule has 8 heteroatoms. The normalized spacial score (nSPS) is 14.1. The van der Waals surface area contributed by atoms with E-state index in [0.29, 0.717) is 12.2 Å². The van der Waals surface area contributed by atoms with Crippen molar-refractivity contribution in [1.29, 1.82) is 0 Å². The molecular formula is C30H34FNO6. The zero-order valence-corrected chi connectivity index (χ0v) is 22.1. The van der Waals surface area contributed by atoms with Gasteiger partial charge in [0.05, 0.1) is 13.0 Å². The molecule has 3 rings (SSSR count). The summed E-state index contributed by atoms with van der Waals surface area (Å²) in [5.74, 6) is -1.80. The van der Waals surface area contributed by atoms with E-state index in [1.807, 2.05) is 37.3 Å². The quantitative estimate of drug-likeness (QED) is 0.224. The third-order valence-electron chi connectivity index (χ3n) is 6.45. The van der Waals surface area contributed by atoms with Gasteiger partial charge in [-0.1, -0.05) is 44.2 Å². The molecular weight excluding hydrogens is 489 g/mol. The van der Waals surface area contributed by atoms with Crippen molar-refractivity contribution in [3.63, 3.8) is 0 Å². The topological polar surface area (TPSA) is 95.0 Å². The molecule has 1 aromatic heterocycles. The molecule has 202 valence electrons. The maximum atomic E-state index is 13.4. The largest absolute Gasteiger partial charge is 0.503 e. The Bertz CT molecular complexity index is 1200. The number of benzene rings is 2. The van der Waals surface area contributed by atoms with Gasteiger partial charge in [0, 0.05) is 24.6 Å². The van der Waals surface area contributed by atoms with Gasteiger partial charge in [-0.2, -0.15) is 0 Å². The van der Waals surface area contributed by atoms with Gasteiger partial charge in [0.2, 0.25) is 0 Å². The first-order valence-corrected chi connectivity index (χ1v) is 12.6. The highest BCUT2D eigenvalue weighted by Gasteiger charge is 2.32. The number of para-hydroxylation sites is 1. The molecule has 1 heterocycles. The average Bonchev–Trinajstić information content (AvgIpc) is 2.92. The van der Waals surface area contributed by atoms with Gasteiger partial charge in [-0.25, -0.2) is 9.37 Å². The Morgan fingerprint density at radius 2 is 1.71 bits per heavy atom. The number of esters is 1.